The van der Waals surface area contributed by atoms with Gasteiger partial charge >= 0.3 is 0 Å². The minimum atomic E-state index is 0.00167. The van der Waals surface area contributed by atoms with Gasteiger partial charge in [-0.25, -0.2) is 0 Å². The molecule has 3 nitrogen and oxygen atoms in total. The first kappa shape index (κ1) is 12.1. The highest BCUT2D eigenvalue weighted by molar-refractivity contribution is 5.83. The summed E-state index contributed by atoms with van der Waals surface area (Å²) in [5.41, 5.74) is 1.12. The van der Waals surface area contributed by atoms with Gasteiger partial charge in [0.2, 0.25) is 5.91 Å². The van der Waals surface area contributed by atoms with Crippen molar-refractivity contribution in [2.24, 2.45) is 0 Å². The van der Waals surface area contributed by atoms with E-state index in [4.69, 9.17) is 0 Å². The van der Waals surface area contributed by atoms with Crippen LogP contribution in [0.25, 0.3) is 0 Å². The fraction of sp³-hybridized carbons (Fsp3) is 0.500. The van der Waals surface area contributed by atoms with Crippen LogP contribution in [0.3, 0.4) is 0 Å². The predicted octanol–water partition coefficient (Wildman–Crippen LogP) is 1.61. The molecule has 1 amide bonds. The Morgan fingerprint density at radius 2 is 2.06 bits per heavy atom. The summed E-state index contributed by atoms with van der Waals surface area (Å²) < 4.78 is 0. The fourth-order valence-electron chi connectivity index (χ4n) is 2.21. The maximum atomic E-state index is 12.4. The smallest absolute Gasteiger partial charge is 0.230 e. The van der Waals surface area contributed by atoms with Crippen LogP contribution in [-0.4, -0.2) is 37.0 Å². The zero-order chi connectivity index (χ0) is 12.3. The van der Waals surface area contributed by atoms with E-state index < -0.39 is 0 Å². The molecular formula is C14H20N2O. The summed E-state index contributed by atoms with van der Waals surface area (Å²) in [6.07, 6.45) is 0.854. The van der Waals surface area contributed by atoms with E-state index >= 15 is 0 Å². The molecule has 1 unspecified atom stereocenters. The lowest BCUT2D eigenvalue weighted by molar-refractivity contribution is -0.134. The molecule has 1 saturated heterocycles. The Morgan fingerprint density at radius 1 is 1.41 bits per heavy atom. The first-order valence-corrected chi connectivity index (χ1v) is 6.26. The third-order valence-corrected chi connectivity index (χ3v) is 3.56. The Bertz CT molecular complexity index is 373. The van der Waals surface area contributed by atoms with E-state index in [9.17, 15) is 4.79 Å². The molecule has 1 fully saturated rings. The van der Waals surface area contributed by atoms with Gasteiger partial charge in [-0.1, -0.05) is 37.3 Å². The Hall–Kier alpha value is -1.35. The monoisotopic (exact) mass is 232 g/mol. The lowest BCUT2D eigenvalue weighted by atomic mass is 9.94. The number of hydrogen-bond donors (Lipinski definition) is 1. The van der Waals surface area contributed by atoms with Crippen molar-refractivity contribution in [1.29, 1.82) is 0 Å². The van der Waals surface area contributed by atoms with Crippen molar-refractivity contribution in [2.45, 2.75) is 25.3 Å². The number of carbonyl (C=O) groups excluding carboxylic acids is 1. The third-order valence-electron chi connectivity index (χ3n) is 3.56. The topological polar surface area (TPSA) is 32.3 Å². The van der Waals surface area contributed by atoms with Gasteiger partial charge in [0.15, 0.2) is 0 Å². The van der Waals surface area contributed by atoms with Gasteiger partial charge in [0, 0.05) is 20.1 Å². The van der Waals surface area contributed by atoms with Crippen LogP contribution in [0.2, 0.25) is 0 Å². The zero-order valence-corrected chi connectivity index (χ0v) is 10.5. The number of rotatable bonds is 4. The van der Waals surface area contributed by atoms with Crippen LogP contribution < -0.4 is 5.32 Å². The maximum Gasteiger partial charge on any atom is 0.230 e. The Morgan fingerprint density at radius 3 is 2.53 bits per heavy atom. The number of carbonyl (C=O) groups is 1. The second kappa shape index (κ2) is 5.32. The molecule has 1 atom stereocenters. The van der Waals surface area contributed by atoms with E-state index in [0.29, 0.717) is 6.04 Å². The van der Waals surface area contributed by atoms with Gasteiger partial charge in [-0.3, -0.25) is 4.79 Å². The zero-order valence-electron chi connectivity index (χ0n) is 10.5. The van der Waals surface area contributed by atoms with E-state index in [1.54, 1.807) is 0 Å². The molecule has 0 radical (unpaired) electrons. The highest BCUT2D eigenvalue weighted by Crippen LogP contribution is 2.22. The molecule has 2 rings (SSSR count). The van der Waals surface area contributed by atoms with Crippen LogP contribution in [0.15, 0.2) is 30.3 Å². The van der Waals surface area contributed by atoms with Gasteiger partial charge in [0.05, 0.1) is 12.0 Å². The van der Waals surface area contributed by atoms with Crippen LogP contribution in [0.4, 0.5) is 0 Å². The molecule has 1 aliphatic rings. The lowest BCUT2D eigenvalue weighted by Crippen LogP contribution is -2.58. The second-order valence-corrected chi connectivity index (χ2v) is 4.63. The standard InChI is InChI=1S/C14H20N2O/c1-3-13(11-7-5-4-6-8-11)14(17)16(2)12-9-15-10-12/h4-8,12-13,15H,3,9-10H2,1-2H3. The SMILES string of the molecule is CCC(C(=O)N(C)C1CNC1)c1ccccc1. The average molecular weight is 232 g/mol. The van der Waals surface area contributed by atoms with E-state index in [1.807, 2.05) is 42.3 Å². The van der Waals surface area contributed by atoms with Crippen molar-refractivity contribution in [3.05, 3.63) is 35.9 Å². The molecule has 17 heavy (non-hydrogen) atoms. The molecule has 0 aromatic heterocycles. The van der Waals surface area contributed by atoms with Crippen molar-refractivity contribution >= 4 is 5.91 Å². The summed E-state index contributed by atoms with van der Waals surface area (Å²) in [5.74, 6) is 0.243. The van der Waals surface area contributed by atoms with Crippen LogP contribution >= 0.6 is 0 Å². The first-order valence-electron chi connectivity index (χ1n) is 6.26. The molecule has 0 bridgehead atoms. The molecule has 0 spiro atoms. The average Bonchev–Trinajstić information content (AvgIpc) is 2.29. The normalized spacial score (nSPS) is 17.3. The molecule has 0 aliphatic carbocycles. The lowest BCUT2D eigenvalue weighted by Gasteiger charge is -2.37. The van der Waals surface area contributed by atoms with E-state index in [1.165, 1.54) is 0 Å². The predicted molar refractivity (Wildman–Crippen MR) is 68.9 cm³/mol. The summed E-state index contributed by atoms with van der Waals surface area (Å²) in [4.78, 5) is 14.3. The summed E-state index contributed by atoms with van der Waals surface area (Å²) in [5, 5.41) is 3.20. The van der Waals surface area contributed by atoms with Crippen molar-refractivity contribution in [1.82, 2.24) is 10.2 Å². The highest BCUT2D eigenvalue weighted by atomic mass is 16.2. The minimum absolute atomic E-state index is 0.00167. The van der Waals surface area contributed by atoms with Gasteiger partial charge in [-0.2, -0.15) is 0 Å². The van der Waals surface area contributed by atoms with Crippen LogP contribution in [0.5, 0.6) is 0 Å². The number of amides is 1. The molecule has 1 aromatic rings. The summed E-state index contributed by atoms with van der Waals surface area (Å²) >= 11 is 0. The van der Waals surface area contributed by atoms with Gasteiger partial charge in [0.25, 0.3) is 0 Å². The van der Waals surface area contributed by atoms with Crippen LogP contribution in [0.1, 0.15) is 24.8 Å². The maximum absolute atomic E-state index is 12.4. The highest BCUT2D eigenvalue weighted by Gasteiger charge is 2.29. The molecule has 1 aromatic carbocycles. The summed E-state index contributed by atoms with van der Waals surface area (Å²) in [6.45, 7) is 3.92. The number of nitrogens with one attached hydrogen (secondary N) is 1. The largest absolute Gasteiger partial charge is 0.340 e. The summed E-state index contributed by atoms with van der Waals surface area (Å²) in [6, 6.07) is 10.4. The molecule has 0 saturated carbocycles. The molecule has 1 aliphatic heterocycles. The van der Waals surface area contributed by atoms with Crippen LogP contribution in [0, 0.1) is 0 Å². The van der Waals surface area contributed by atoms with E-state index in [-0.39, 0.29) is 11.8 Å². The number of nitrogens with zero attached hydrogens (tertiary/aromatic N) is 1. The van der Waals surface area contributed by atoms with Gasteiger partial charge in [-0.05, 0) is 12.0 Å². The van der Waals surface area contributed by atoms with Crippen molar-refractivity contribution in [3.8, 4) is 0 Å². The first-order chi connectivity index (χ1) is 8.24. The quantitative estimate of drug-likeness (QED) is 0.855. The number of likely N-dealkylation sites (N-methyl/N-ethyl adjacent to an activating group) is 1. The van der Waals surface area contributed by atoms with Gasteiger partial charge in [-0.15, -0.1) is 0 Å². The van der Waals surface area contributed by atoms with Crippen LogP contribution in [-0.2, 0) is 4.79 Å². The Kier molecular flexibility index (Phi) is 3.79. The van der Waals surface area contributed by atoms with E-state index in [0.717, 1.165) is 25.1 Å². The molecule has 1 N–H and O–H groups in total. The summed E-state index contributed by atoms with van der Waals surface area (Å²) in [7, 11) is 1.92. The number of benzene rings is 1. The molecular weight excluding hydrogens is 212 g/mol. The molecule has 1 heterocycles. The van der Waals surface area contributed by atoms with Gasteiger partial charge in [0.1, 0.15) is 0 Å². The molecule has 92 valence electrons. The fourth-order valence-corrected chi connectivity index (χ4v) is 2.21. The Labute approximate surface area is 103 Å². The van der Waals surface area contributed by atoms with E-state index in [2.05, 4.69) is 12.2 Å². The molecule has 3 heteroatoms. The minimum Gasteiger partial charge on any atom is -0.340 e. The third kappa shape index (κ3) is 2.50. The van der Waals surface area contributed by atoms with Crippen molar-refractivity contribution in [3.63, 3.8) is 0 Å². The van der Waals surface area contributed by atoms with Gasteiger partial charge < -0.3 is 10.2 Å². The Balaban J connectivity index is 2.10. The van der Waals surface area contributed by atoms with Crippen molar-refractivity contribution in [2.75, 3.05) is 20.1 Å². The number of hydrogen-bond acceptors (Lipinski definition) is 2. The second-order valence-electron chi connectivity index (χ2n) is 4.63. The van der Waals surface area contributed by atoms with Crippen molar-refractivity contribution < 1.29 is 4.79 Å².